The third kappa shape index (κ3) is 5.81. The number of hydrogen-bond acceptors (Lipinski definition) is 6. The Hall–Kier alpha value is -2.46. The van der Waals surface area contributed by atoms with Gasteiger partial charge in [0.2, 0.25) is 10.0 Å². The van der Waals surface area contributed by atoms with Crippen LogP contribution in [0.2, 0.25) is 0 Å². The highest BCUT2D eigenvalue weighted by Gasteiger charge is 2.23. The van der Waals surface area contributed by atoms with Crippen molar-refractivity contribution < 1.29 is 27.5 Å². The largest absolute Gasteiger partial charge is 0.449 e. The normalized spacial score (nSPS) is 12.2. The zero-order valence-electron chi connectivity index (χ0n) is 15.1. The minimum Gasteiger partial charge on any atom is -0.449 e. The molecule has 0 spiro atoms. The summed E-state index contributed by atoms with van der Waals surface area (Å²) in [5.74, 6) is -1.66. The first-order chi connectivity index (χ1) is 12.1. The van der Waals surface area contributed by atoms with Crippen molar-refractivity contribution in [3.8, 4) is 0 Å². The molecule has 0 heterocycles. The zero-order valence-corrected chi connectivity index (χ0v) is 15.9. The zero-order chi connectivity index (χ0) is 19.9. The van der Waals surface area contributed by atoms with Gasteiger partial charge in [-0.25, -0.2) is 22.7 Å². The molecule has 0 radical (unpaired) electrons. The Kier molecular flexibility index (Phi) is 7.72. The third-order valence-electron chi connectivity index (χ3n) is 3.30. The molecular formula is C16H23N3O6S. The maximum absolute atomic E-state index is 12.3. The van der Waals surface area contributed by atoms with E-state index < -0.39 is 34.0 Å². The quantitative estimate of drug-likeness (QED) is 0.592. The van der Waals surface area contributed by atoms with Crippen LogP contribution in [0.3, 0.4) is 0 Å². The molecule has 1 aromatic carbocycles. The van der Waals surface area contributed by atoms with Crippen molar-refractivity contribution in [3.05, 3.63) is 29.3 Å². The summed E-state index contributed by atoms with van der Waals surface area (Å²) in [6.45, 7) is 6.77. The number of aryl methyl sites for hydroxylation is 1. The Morgan fingerprint density at radius 3 is 2.38 bits per heavy atom. The fourth-order valence-electron chi connectivity index (χ4n) is 1.96. The number of ether oxygens (including phenoxy) is 1. The fourth-order valence-corrected chi connectivity index (χ4v) is 3.02. The molecule has 0 saturated heterocycles. The average molecular weight is 385 g/mol. The van der Waals surface area contributed by atoms with Gasteiger partial charge in [-0.2, -0.15) is 0 Å². The number of hydrogen-bond donors (Lipinski definition) is 3. The molecular weight excluding hydrogens is 362 g/mol. The summed E-state index contributed by atoms with van der Waals surface area (Å²) in [5.41, 5.74) is 0.503. The van der Waals surface area contributed by atoms with Crippen molar-refractivity contribution >= 4 is 27.9 Å². The van der Waals surface area contributed by atoms with Crippen LogP contribution in [0.25, 0.3) is 0 Å². The fraction of sp³-hybridized carbons (Fsp3) is 0.438. The van der Waals surface area contributed by atoms with Crippen molar-refractivity contribution in [1.29, 1.82) is 0 Å². The number of amides is 3. The molecule has 1 atom stereocenters. The lowest BCUT2D eigenvalue weighted by Gasteiger charge is -2.14. The van der Waals surface area contributed by atoms with Gasteiger partial charge in [0.1, 0.15) is 0 Å². The lowest BCUT2D eigenvalue weighted by atomic mass is 10.1. The Balaban J connectivity index is 2.93. The van der Waals surface area contributed by atoms with Crippen LogP contribution in [0.1, 0.15) is 36.7 Å². The maximum atomic E-state index is 12.3. The van der Waals surface area contributed by atoms with Crippen LogP contribution in [-0.4, -0.2) is 45.5 Å². The van der Waals surface area contributed by atoms with E-state index in [9.17, 15) is 22.8 Å². The first kappa shape index (κ1) is 21.6. The topological polar surface area (TPSA) is 131 Å². The van der Waals surface area contributed by atoms with Gasteiger partial charge in [-0.1, -0.05) is 13.0 Å². The summed E-state index contributed by atoms with van der Waals surface area (Å²) in [5, 5.41) is 4.41. The van der Waals surface area contributed by atoms with E-state index in [4.69, 9.17) is 4.74 Å². The van der Waals surface area contributed by atoms with Gasteiger partial charge in [0.15, 0.2) is 6.10 Å². The summed E-state index contributed by atoms with van der Waals surface area (Å²) in [6.07, 6.45) is -1.24. The molecule has 1 aromatic rings. The van der Waals surface area contributed by atoms with E-state index in [1.807, 2.05) is 5.32 Å². The summed E-state index contributed by atoms with van der Waals surface area (Å²) in [4.78, 5) is 35.4. The molecule has 10 heteroatoms. The Morgan fingerprint density at radius 1 is 1.15 bits per heavy atom. The second kappa shape index (κ2) is 9.30. The van der Waals surface area contributed by atoms with Crippen LogP contribution >= 0.6 is 0 Å². The van der Waals surface area contributed by atoms with E-state index in [-0.39, 0.29) is 17.0 Å². The van der Waals surface area contributed by atoms with Gasteiger partial charge in [0.25, 0.3) is 5.91 Å². The number of sulfonamides is 1. The second-order valence-electron chi connectivity index (χ2n) is 5.37. The van der Waals surface area contributed by atoms with E-state index in [0.29, 0.717) is 12.1 Å². The number of imide groups is 1. The minimum absolute atomic E-state index is 0.0154. The summed E-state index contributed by atoms with van der Waals surface area (Å²) < 4.78 is 31.5. The van der Waals surface area contributed by atoms with Gasteiger partial charge in [-0.15, -0.1) is 0 Å². The molecule has 3 amide bonds. The Bertz CT molecular complexity index is 791. The molecule has 0 bridgehead atoms. The molecule has 0 aliphatic carbocycles. The number of urea groups is 1. The van der Waals surface area contributed by atoms with Crippen LogP contribution in [0, 0.1) is 6.92 Å². The highest BCUT2D eigenvalue weighted by molar-refractivity contribution is 7.89. The SMILES string of the molecule is CCNC(=O)NC(=O)C(C)OC(=O)c1cc(S(=O)(=O)NCC)ccc1C. The lowest BCUT2D eigenvalue weighted by Crippen LogP contribution is -2.44. The molecule has 1 unspecified atom stereocenters. The van der Waals surface area contributed by atoms with Crippen LogP contribution in [0.4, 0.5) is 4.79 Å². The molecule has 3 N–H and O–H groups in total. The van der Waals surface area contributed by atoms with E-state index in [0.717, 1.165) is 0 Å². The van der Waals surface area contributed by atoms with E-state index >= 15 is 0 Å². The molecule has 9 nitrogen and oxygen atoms in total. The number of carbonyl (C=O) groups is 3. The van der Waals surface area contributed by atoms with Crippen molar-refractivity contribution in [1.82, 2.24) is 15.4 Å². The van der Waals surface area contributed by atoms with E-state index in [2.05, 4.69) is 10.0 Å². The summed E-state index contributed by atoms with van der Waals surface area (Å²) >= 11 is 0. The van der Waals surface area contributed by atoms with Gasteiger partial charge < -0.3 is 10.1 Å². The van der Waals surface area contributed by atoms with Crippen molar-refractivity contribution in [2.24, 2.45) is 0 Å². The molecule has 0 fully saturated rings. The molecule has 0 aliphatic rings. The van der Waals surface area contributed by atoms with Gasteiger partial charge in [-0.05, 0) is 38.5 Å². The molecule has 1 rings (SSSR count). The number of carbonyl (C=O) groups excluding carboxylic acids is 3. The van der Waals surface area contributed by atoms with Crippen LogP contribution in [-0.2, 0) is 19.6 Å². The van der Waals surface area contributed by atoms with Crippen LogP contribution in [0.15, 0.2) is 23.1 Å². The third-order valence-corrected chi connectivity index (χ3v) is 4.84. The summed E-state index contributed by atoms with van der Waals surface area (Å²) in [6, 6.07) is 3.33. The van der Waals surface area contributed by atoms with Gasteiger partial charge in [0, 0.05) is 13.1 Å². The highest BCUT2D eigenvalue weighted by Crippen LogP contribution is 2.17. The van der Waals surface area contributed by atoms with E-state index in [1.54, 1.807) is 20.8 Å². The van der Waals surface area contributed by atoms with Gasteiger partial charge in [-0.3, -0.25) is 10.1 Å². The molecule has 0 aromatic heterocycles. The average Bonchev–Trinajstić information content (AvgIpc) is 2.54. The molecule has 0 saturated carbocycles. The number of esters is 1. The molecule has 144 valence electrons. The second-order valence-corrected chi connectivity index (χ2v) is 7.14. The number of nitrogens with one attached hydrogen (secondary N) is 3. The monoisotopic (exact) mass is 385 g/mol. The number of benzene rings is 1. The van der Waals surface area contributed by atoms with Crippen LogP contribution < -0.4 is 15.4 Å². The van der Waals surface area contributed by atoms with Crippen molar-refractivity contribution in [2.45, 2.75) is 38.7 Å². The summed E-state index contributed by atoms with van der Waals surface area (Å²) in [7, 11) is -3.74. The maximum Gasteiger partial charge on any atom is 0.339 e. The Morgan fingerprint density at radius 2 is 1.81 bits per heavy atom. The van der Waals surface area contributed by atoms with Crippen molar-refractivity contribution in [3.63, 3.8) is 0 Å². The Labute approximate surface area is 152 Å². The van der Waals surface area contributed by atoms with Gasteiger partial charge in [0.05, 0.1) is 10.5 Å². The van der Waals surface area contributed by atoms with Crippen molar-refractivity contribution in [2.75, 3.05) is 13.1 Å². The van der Waals surface area contributed by atoms with Gasteiger partial charge >= 0.3 is 12.0 Å². The predicted molar refractivity (Wildman–Crippen MR) is 94.1 cm³/mol. The minimum atomic E-state index is -3.74. The molecule has 26 heavy (non-hydrogen) atoms. The highest BCUT2D eigenvalue weighted by atomic mass is 32.2. The lowest BCUT2D eigenvalue weighted by molar-refractivity contribution is -0.127. The smallest absolute Gasteiger partial charge is 0.339 e. The van der Waals surface area contributed by atoms with E-state index in [1.165, 1.54) is 25.1 Å². The predicted octanol–water partition coefficient (Wildman–Crippen LogP) is 0.684. The van der Waals surface area contributed by atoms with Crippen LogP contribution in [0.5, 0.6) is 0 Å². The first-order valence-electron chi connectivity index (χ1n) is 8.02. The standard InChI is InChI=1S/C16H23N3O6S/c1-5-17-16(22)19-14(20)11(4)25-15(21)13-9-12(8-7-10(13)3)26(23,24)18-6-2/h7-9,11,18H,5-6H2,1-4H3,(H2,17,19,20,22). The molecule has 0 aliphatic heterocycles. The number of rotatable bonds is 7. The first-order valence-corrected chi connectivity index (χ1v) is 9.50.